The SMILES string of the molecule is Cc1nc2ccccn2c1C(=O)NC1CCN(C2NC(=O)CC(C)N2)CC1. The number of aryl methyl sites for hydroxylation is 1. The zero-order valence-corrected chi connectivity index (χ0v) is 15.7. The highest BCUT2D eigenvalue weighted by Crippen LogP contribution is 2.16. The van der Waals surface area contributed by atoms with Crippen LogP contribution in [0.25, 0.3) is 5.65 Å². The van der Waals surface area contributed by atoms with Gasteiger partial charge in [0, 0.05) is 37.8 Å². The summed E-state index contributed by atoms with van der Waals surface area (Å²) in [5, 5.41) is 9.58. The Balaban J connectivity index is 1.37. The van der Waals surface area contributed by atoms with Gasteiger partial charge in [0.1, 0.15) is 17.6 Å². The molecule has 8 heteroatoms. The van der Waals surface area contributed by atoms with Gasteiger partial charge in [-0.25, -0.2) is 4.98 Å². The summed E-state index contributed by atoms with van der Waals surface area (Å²) in [4.78, 5) is 31.3. The molecule has 8 nitrogen and oxygen atoms in total. The van der Waals surface area contributed by atoms with E-state index in [1.807, 2.05) is 42.6 Å². The van der Waals surface area contributed by atoms with E-state index in [4.69, 9.17) is 0 Å². The van der Waals surface area contributed by atoms with E-state index in [9.17, 15) is 9.59 Å². The van der Waals surface area contributed by atoms with Crippen molar-refractivity contribution >= 4 is 17.5 Å². The van der Waals surface area contributed by atoms with Gasteiger partial charge in [-0.3, -0.25) is 24.2 Å². The Kier molecular flexibility index (Phi) is 4.84. The molecular formula is C19H26N6O2. The predicted molar refractivity (Wildman–Crippen MR) is 101 cm³/mol. The number of piperidine rings is 1. The summed E-state index contributed by atoms with van der Waals surface area (Å²) in [6.45, 7) is 5.53. The summed E-state index contributed by atoms with van der Waals surface area (Å²) in [5.41, 5.74) is 2.12. The van der Waals surface area contributed by atoms with Gasteiger partial charge >= 0.3 is 0 Å². The van der Waals surface area contributed by atoms with E-state index in [0.29, 0.717) is 12.1 Å². The fourth-order valence-corrected chi connectivity index (χ4v) is 4.00. The van der Waals surface area contributed by atoms with Gasteiger partial charge in [-0.2, -0.15) is 0 Å². The molecular weight excluding hydrogens is 344 g/mol. The highest BCUT2D eigenvalue weighted by molar-refractivity contribution is 5.94. The molecule has 27 heavy (non-hydrogen) atoms. The smallest absolute Gasteiger partial charge is 0.270 e. The number of imidazole rings is 1. The van der Waals surface area contributed by atoms with Crippen LogP contribution in [-0.4, -0.2) is 57.6 Å². The third kappa shape index (κ3) is 3.68. The Morgan fingerprint density at radius 2 is 2.07 bits per heavy atom. The first-order chi connectivity index (χ1) is 13.0. The summed E-state index contributed by atoms with van der Waals surface area (Å²) in [6.07, 6.45) is 3.97. The second-order valence-corrected chi connectivity index (χ2v) is 7.50. The van der Waals surface area contributed by atoms with Crippen LogP contribution in [0.2, 0.25) is 0 Å². The molecule has 0 spiro atoms. The number of hydrogen-bond donors (Lipinski definition) is 3. The Labute approximate surface area is 158 Å². The van der Waals surface area contributed by atoms with Gasteiger partial charge in [-0.15, -0.1) is 0 Å². The Morgan fingerprint density at radius 1 is 1.30 bits per heavy atom. The minimum absolute atomic E-state index is 0.0811. The van der Waals surface area contributed by atoms with E-state index in [-0.39, 0.29) is 30.2 Å². The maximum atomic E-state index is 12.8. The molecule has 2 saturated heterocycles. The van der Waals surface area contributed by atoms with Gasteiger partial charge in [-0.1, -0.05) is 6.07 Å². The number of hydrogen-bond acceptors (Lipinski definition) is 5. The van der Waals surface area contributed by atoms with E-state index in [1.165, 1.54) is 0 Å². The summed E-state index contributed by atoms with van der Waals surface area (Å²) in [7, 11) is 0. The summed E-state index contributed by atoms with van der Waals surface area (Å²) in [5.74, 6) is 0.00660. The van der Waals surface area contributed by atoms with Crippen LogP contribution in [0.4, 0.5) is 0 Å². The van der Waals surface area contributed by atoms with Gasteiger partial charge in [0.25, 0.3) is 5.91 Å². The lowest BCUT2D eigenvalue weighted by Crippen LogP contribution is -2.65. The number of nitrogens with one attached hydrogen (secondary N) is 3. The van der Waals surface area contributed by atoms with Crippen molar-refractivity contribution in [2.24, 2.45) is 0 Å². The normalized spacial score (nSPS) is 24.7. The number of nitrogens with zero attached hydrogens (tertiary/aromatic N) is 3. The fourth-order valence-electron chi connectivity index (χ4n) is 4.00. The van der Waals surface area contributed by atoms with Crippen LogP contribution in [0.5, 0.6) is 0 Å². The molecule has 0 bridgehead atoms. The first kappa shape index (κ1) is 17.9. The van der Waals surface area contributed by atoms with Crippen LogP contribution in [0.15, 0.2) is 24.4 Å². The highest BCUT2D eigenvalue weighted by atomic mass is 16.2. The topological polar surface area (TPSA) is 90.8 Å². The monoisotopic (exact) mass is 370 g/mol. The number of carbonyl (C=O) groups excluding carboxylic acids is 2. The lowest BCUT2D eigenvalue weighted by molar-refractivity contribution is -0.127. The van der Waals surface area contributed by atoms with Gasteiger partial charge in [0.15, 0.2) is 0 Å². The molecule has 2 aliphatic heterocycles. The van der Waals surface area contributed by atoms with Crippen LogP contribution in [-0.2, 0) is 4.79 Å². The van der Waals surface area contributed by atoms with Crippen molar-refractivity contribution in [3.05, 3.63) is 35.8 Å². The minimum Gasteiger partial charge on any atom is -0.348 e. The largest absolute Gasteiger partial charge is 0.348 e. The second-order valence-electron chi connectivity index (χ2n) is 7.50. The van der Waals surface area contributed by atoms with E-state index in [0.717, 1.165) is 37.3 Å². The molecule has 0 aromatic carbocycles. The molecule has 4 heterocycles. The number of aromatic nitrogens is 2. The maximum Gasteiger partial charge on any atom is 0.270 e. The highest BCUT2D eigenvalue weighted by Gasteiger charge is 2.31. The van der Waals surface area contributed by atoms with Crippen molar-refractivity contribution in [2.75, 3.05) is 13.1 Å². The third-order valence-corrected chi connectivity index (χ3v) is 5.38. The molecule has 0 aliphatic carbocycles. The summed E-state index contributed by atoms with van der Waals surface area (Å²) >= 11 is 0. The fraction of sp³-hybridized carbons (Fsp3) is 0.526. The number of carbonyl (C=O) groups is 2. The summed E-state index contributed by atoms with van der Waals surface area (Å²) in [6, 6.07) is 6.02. The van der Waals surface area contributed by atoms with Crippen molar-refractivity contribution in [1.82, 2.24) is 30.2 Å². The van der Waals surface area contributed by atoms with Crippen LogP contribution < -0.4 is 16.0 Å². The molecule has 0 radical (unpaired) electrons. The van der Waals surface area contributed by atoms with E-state index >= 15 is 0 Å². The van der Waals surface area contributed by atoms with E-state index in [2.05, 4.69) is 25.8 Å². The first-order valence-corrected chi connectivity index (χ1v) is 9.55. The number of likely N-dealkylation sites (tertiary alicyclic amines) is 1. The van der Waals surface area contributed by atoms with Gasteiger partial charge in [-0.05, 0) is 38.8 Å². The summed E-state index contributed by atoms with van der Waals surface area (Å²) < 4.78 is 1.84. The molecule has 2 aromatic heterocycles. The molecule has 2 aromatic rings. The molecule has 2 amide bonds. The van der Waals surface area contributed by atoms with Gasteiger partial charge in [0.2, 0.25) is 5.91 Å². The van der Waals surface area contributed by atoms with Crippen molar-refractivity contribution in [2.45, 2.75) is 51.5 Å². The maximum absolute atomic E-state index is 12.8. The lowest BCUT2D eigenvalue weighted by atomic mass is 10.0. The molecule has 2 unspecified atom stereocenters. The molecule has 144 valence electrons. The third-order valence-electron chi connectivity index (χ3n) is 5.38. The van der Waals surface area contributed by atoms with Crippen molar-refractivity contribution < 1.29 is 9.59 Å². The zero-order chi connectivity index (χ0) is 19.0. The minimum atomic E-state index is -0.112. The quantitative estimate of drug-likeness (QED) is 0.737. The van der Waals surface area contributed by atoms with Gasteiger partial charge < -0.3 is 10.6 Å². The lowest BCUT2D eigenvalue weighted by Gasteiger charge is -2.41. The molecule has 2 atom stereocenters. The molecule has 2 aliphatic rings. The Morgan fingerprint density at radius 3 is 2.81 bits per heavy atom. The number of pyridine rings is 1. The van der Waals surface area contributed by atoms with E-state index in [1.54, 1.807) is 0 Å². The predicted octanol–water partition coefficient (Wildman–Crippen LogP) is 0.619. The molecule has 2 fully saturated rings. The van der Waals surface area contributed by atoms with Crippen LogP contribution in [0.1, 0.15) is 42.4 Å². The first-order valence-electron chi connectivity index (χ1n) is 9.55. The van der Waals surface area contributed by atoms with Crippen molar-refractivity contribution in [3.63, 3.8) is 0 Å². The van der Waals surface area contributed by atoms with Crippen LogP contribution in [0.3, 0.4) is 0 Å². The number of fused-ring (bicyclic) bond motifs is 1. The standard InChI is InChI=1S/C19H26N6O2/c1-12-11-16(26)23-19(20-12)24-9-6-14(7-10-24)22-18(27)17-13(2)21-15-5-3-4-8-25(15)17/h3-5,8,12,14,19-20H,6-7,9-11H2,1-2H3,(H,22,27)(H,23,26). The molecule has 3 N–H and O–H groups in total. The van der Waals surface area contributed by atoms with Crippen LogP contribution in [0, 0.1) is 6.92 Å². The van der Waals surface area contributed by atoms with Crippen molar-refractivity contribution in [3.8, 4) is 0 Å². The molecule has 0 saturated carbocycles. The van der Waals surface area contributed by atoms with Crippen molar-refractivity contribution in [1.29, 1.82) is 0 Å². The van der Waals surface area contributed by atoms with E-state index < -0.39 is 0 Å². The average Bonchev–Trinajstić information content (AvgIpc) is 2.97. The number of rotatable bonds is 3. The zero-order valence-electron chi connectivity index (χ0n) is 15.7. The average molecular weight is 370 g/mol. The van der Waals surface area contributed by atoms with Gasteiger partial charge in [0.05, 0.1) is 5.69 Å². The Bertz CT molecular complexity index is 855. The van der Waals surface area contributed by atoms with Crippen LogP contribution >= 0.6 is 0 Å². The Hall–Kier alpha value is -2.45. The molecule has 4 rings (SSSR count). The second kappa shape index (κ2) is 7.28. The number of amides is 2.